The van der Waals surface area contributed by atoms with E-state index < -0.39 is 0 Å². The van der Waals surface area contributed by atoms with Crippen LogP contribution in [0.4, 0.5) is 0 Å². The first-order chi connectivity index (χ1) is 13.5. The second kappa shape index (κ2) is 8.93. The van der Waals surface area contributed by atoms with Crippen LogP contribution in [0.3, 0.4) is 0 Å². The van der Waals surface area contributed by atoms with Crippen molar-refractivity contribution in [1.82, 2.24) is 4.90 Å². The molecular weight excluding hydrogens is 401 g/mol. The largest absolute Gasteiger partial charge is 0.493 e. The highest BCUT2D eigenvalue weighted by molar-refractivity contribution is 6.42. The van der Waals surface area contributed by atoms with Crippen molar-refractivity contribution < 1.29 is 19.0 Å². The maximum atomic E-state index is 13.1. The predicted molar refractivity (Wildman–Crippen MR) is 110 cm³/mol. The van der Waals surface area contributed by atoms with E-state index in [1.165, 1.54) is 0 Å². The molecule has 0 bridgehead atoms. The minimum atomic E-state index is 0.00399. The highest BCUT2D eigenvalue weighted by Crippen LogP contribution is 2.39. The fourth-order valence-corrected chi connectivity index (χ4v) is 3.95. The summed E-state index contributed by atoms with van der Waals surface area (Å²) in [5, 5.41) is 1.02. The molecule has 1 amide bonds. The second-order valence-corrected chi connectivity index (χ2v) is 7.44. The SMILES string of the molecule is COc1cc(CC(=O)N2CCCC2c2ccc(Cl)c(Cl)c2)cc(OC)c1OC. The van der Waals surface area contributed by atoms with Crippen molar-refractivity contribution in [2.75, 3.05) is 27.9 Å². The molecule has 7 heteroatoms. The molecule has 2 aromatic rings. The predicted octanol–water partition coefficient (Wildman–Crippen LogP) is 4.93. The van der Waals surface area contributed by atoms with Gasteiger partial charge in [0.1, 0.15) is 0 Å². The lowest BCUT2D eigenvalue weighted by atomic mass is 10.0. The molecular formula is C21H23Cl2NO4. The van der Waals surface area contributed by atoms with Crippen LogP contribution in [0, 0.1) is 0 Å². The maximum Gasteiger partial charge on any atom is 0.227 e. The van der Waals surface area contributed by atoms with Gasteiger partial charge in [0.15, 0.2) is 11.5 Å². The van der Waals surface area contributed by atoms with Gasteiger partial charge in [-0.15, -0.1) is 0 Å². The van der Waals surface area contributed by atoms with Crippen molar-refractivity contribution in [2.24, 2.45) is 0 Å². The lowest BCUT2D eigenvalue weighted by Gasteiger charge is -2.26. The summed E-state index contributed by atoms with van der Waals surface area (Å²) in [6, 6.07) is 9.18. The third-order valence-corrected chi connectivity index (χ3v) is 5.72. The summed E-state index contributed by atoms with van der Waals surface area (Å²) in [6.07, 6.45) is 2.10. The first-order valence-corrected chi connectivity index (χ1v) is 9.77. The molecule has 0 saturated carbocycles. The van der Waals surface area contributed by atoms with E-state index in [0.717, 1.165) is 24.0 Å². The van der Waals surface area contributed by atoms with Crippen molar-refractivity contribution in [3.8, 4) is 17.2 Å². The summed E-state index contributed by atoms with van der Waals surface area (Å²) in [5.74, 6) is 1.62. The summed E-state index contributed by atoms with van der Waals surface area (Å²) < 4.78 is 16.1. The second-order valence-electron chi connectivity index (χ2n) is 6.63. The number of benzene rings is 2. The van der Waals surface area contributed by atoms with E-state index >= 15 is 0 Å². The van der Waals surface area contributed by atoms with Gasteiger partial charge in [0.2, 0.25) is 11.7 Å². The highest BCUT2D eigenvalue weighted by atomic mass is 35.5. The van der Waals surface area contributed by atoms with Gasteiger partial charge in [-0.1, -0.05) is 29.3 Å². The summed E-state index contributed by atoms with van der Waals surface area (Å²) in [6.45, 7) is 0.716. The summed E-state index contributed by atoms with van der Waals surface area (Å²) >= 11 is 12.2. The molecule has 1 aliphatic rings. The number of hydrogen-bond acceptors (Lipinski definition) is 4. The normalized spacial score (nSPS) is 16.2. The van der Waals surface area contributed by atoms with Crippen molar-refractivity contribution >= 4 is 29.1 Å². The topological polar surface area (TPSA) is 48.0 Å². The Labute approximate surface area is 175 Å². The number of carbonyl (C=O) groups excluding carboxylic acids is 1. The monoisotopic (exact) mass is 423 g/mol. The average molecular weight is 424 g/mol. The number of ether oxygens (including phenoxy) is 3. The molecule has 2 aromatic carbocycles. The summed E-state index contributed by atoms with van der Waals surface area (Å²) in [7, 11) is 4.67. The molecule has 1 saturated heterocycles. The first kappa shape index (κ1) is 20.6. The molecule has 0 spiro atoms. The number of amides is 1. The Bertz CT molecular complexity index is 846. The van der Waals surface area contributed by atoms with Crippen molar-refractivity contribution in [3.05, 3.63) is 51.5 Å². The fourth-order valence-electron chi connectivity index (χ4n) is 3.65. The van der Waals surface area contributed by atoms with E-state index in [9.17, 15) is 4.79 Å². The zero-order chi connectivity index (χ0) is 20.3. The molecule has 28 heavy (non-hydrogen) atoms. The van der Waals surface area contributed by atoms with Gasteiger partial charge < -0.3 is 19.1 Å². The number of halogens is 2. The standard InChI is InChI=1S/C21H23Cl2NO4/c1-26-18-9-13(10-19(27-2)21(18)28-3)11-20(25)24-8-4-5-17(24)14-6-7-15(22)16(23)12-14/h6-7,9-10,12,17H,4-5,8,11H2,1-3H3. The number of hydrogen-bond donors (Lipinski definition) is 0. The van der Waals surface area contributed by atoms with E-state index in [1.807, 2.05) is 29.2 Å². The molecule has 1 aliphatic heterocycles. The van der Waals surface area contributed by atoms with Crippen LogP contribution in [-0.4, -0.2) is 38.7 Å². The van der Waals surface area contributed by atoms with Gasteiger partial charge in [0, 0.05) is 6.54 Å². The Morgan fingerprint density at radius 3 is 2.29 bits per heavy atom. The molecule has 0 radical (unpaired) electrons. The minimum absolute atomic E-state index is 0.00399. The molecule has 1 unspecified atom stereocenters. The number of carbonyl (C=O) groups is 1. The smallest absolute Gasteiger partial charge is 0.227 e. The molecule has 0 aliphatic carbocycles. The van der Waals surface area contributed by atoms with Crippen LogP contribution >= 0.6 is 23.2 Å². The summed E-state index contributed by atoms with van der Waals surface area (Å²) in [4.78, 5) is 15.0. The molecule has 5 nitrogen and oxygen atoms in total. The quantitative estimate of drug-likeness (QED) is 0.660. The minimum Gasteiger partial charge on any atom is -0.493 e. The lowest BCUT2D eigenvalue weighted by molar-refractivity contribution is -0.131. The van der Waals surface area contributed by atoms with Gasteiger partial charge in [-0.2, -0.15) is 0 Å². The Kier molecular flexibility index (Phi) is 6.57. The van der Waals surface area contributed by atoms with E-state index in [0.29, 0.717) is 33.8 Å². The Morgan fingerprint density at radius 1 is 1.04 bits per heavy atom. The van der Waals surface area contributed by atoms with Crippen molar-refractivity contribution in [1.29, 1.82) is 0 Å². The van der Waals surface area contributed by atoms with Gasteiger partial charge in [0.05, 0.1) is 43.8 Å². The van der Waals surface area contributed by atoms with Crippen molar-refractivity contribution in [3.63, 3.8) is 0 Å². The van der Waals surface area contributed by atoms with Crippen LogP contribution in [0.25, 0.3) is 0 Å². The van der Waals surface area contributed by atoms with E-state index in [4.69, 9.17) is 37.4 Å². The molecule has 0 N–H and O–H groups in total. The van der Waals surface area contributed by atoms with Gasteiger partial charge in [0.25, 0.3) is 0 Å². The Balaban J connectivity index is 1.83. The number of nitrogens with zero attached hydrogens (tertiary/aromatic N) is 1. The van der Waals surface area contributed by atoms with Crippen LogP contribution in [-0.2, 0) is 11.2 Å². The van der Waals surface area contributed by atoms with Crippen LogP contribution in [0.15, 0.2) is 30.3 Å². The van der Waals surface area contributed by atoms with Gasteiger partial charge in [-0.3, -0.25) is 4.79 Å². The van der Waals surface area contributed by atoms with E-state index in [1.54, 1.807) is 27.4 Å². The van der Waals surface area contributed by atoms with Crippen LogP contribution < -0.4 is 14.2 Å². The van der Waals surface area contributed by atoms with Crippen molar-refractivity contribution in [2.45, 2.75) is 25.3 Å². The number of likely N-dealkylation sites (tertiary alicyclic amines) is 1. The average Bonchev–Trinajstić information content (AvgIpc) is 3.19. The van der Waals surface area contributed by atoms with Gasteiger partial charge in [-0.25, -0.2) is 0 Å². The third-order valence-electron chi connectivity index (χ3n) is 4.98. The fraction of sp³-hybridized carbons (Fsp3) is 0.381. The van der Waals surface area contributed by atoms with Gasteiger partial charge >= 0.3 is 0 Å². The Hall–Kier alpha value is -2.11. The van der Waals surface area contributed by atoms with Gasteiger partial charge in [-0.05, 0) is 48.2 Å². The highest BCUT2D eigenvalue weighted by Gasteiger charge is 2.30. The van der Waals surface area contributed by atoms with Crippen LogP contribution in [0.2, 0.25) is 10.0 Å². The third kappa shape index (κ3) is 4.15. The molecule has 1 atom stereocenters. The number of rotatable bonds is 6. The van der Waals surface area contributed by atoms with E-state index in [2.05, 4.69) is 0 Å². The molecule has 1 fully saturated rings. The van der Waals surface area contributed by atoms with E-state index in [-0.39, 0.29) is 18.4 Å². The Morgan fingerprint density at radius 2 is 1.71 bits per heavy atom. The molecule has 3 rings (SSSR count). The zero-order valence-electron chi connectivity index (χ0n) is 16.1. The molecule has 150 valence electrons. The first-order valence-electron chi connectivity index (χ1n) is 9.01. The zero-order valence-corrected chi connectivity index (χ0v) is 17.6. The van der Waals surface area contributed by atoms with Crippen LogP contribution in [0.5, 0.6) is 17.2 Å². The van der Waals surface area contributed by atoms with Crippen LogP contribution in [0.1, 0.15) is 30.0 Å². The molecule has 1 heterocycles. The lowest BCUT2D eigenvalue weighted by Crippen LogP contribution is -2.31. The maximum absolute atomic E-state index is 13.1. The summed E-state index contributed by atoms with van der Waals surface area (Å²) in [5.41, 5.74) is 1.81. The number of methoxy groups -OCH3 is 3. The molecule has 0 aromatic heterocycles.